The Bertz CT molecular complexity index is 648. The molecule has 4 nitrogen and oxygen atoms in total. The highest BCUT2D eigenvalue weighted by Gasteiger charge is 2.03. The van der Waals surface area contributed by atoms with Crippen LogP contribution in [0.5, 0.6) is 0 Å². The smallest absolute Gasteiger partial charge is 0.328 e. The maximum atomic E-state index is 10.5. The summed E-state index contributed by atoms with van der Waals surface area (Å²) < 4.78 is 0. The Morgan fingerprint density at radius 3 is 2.76 bits per heavy atom. The number of rotatable bonds is 5. The fourth-order valence-corrected chi connectivity index (χ4v) is 2.05. The highest BCUT2D eigenvalue weighted by atomic mass is 16.4. The van der Waals surface area contributed by atoms with Crippen LogP contribution < -0.4 is 4.90 Å². The van der Waals surface area contributed by atoms with E-state index in [-0.39, 0.29) is 0 Å². The molecule has 0 aliphatic heterocycles. The highest BCUT2D eigenvalue weighted by Crippen LogP contribution is 2.14. The number of nitrogens with zero attached hydrogens (tertiary/aromatic N) is 2. The van der Waals surface area contributed by atoms with Gasteiger partial charge in [-0.1, -0.05) is 29.8 Å². The number of carboxylic acids is 1. The first-order chi connectivity index (χ1) is 10.0. The molecular weight excluding hydrogens is 264 g/mol. The maximum Gasteiger partial charge on any atom is 0.328 e. The maximum absolute atomic E-state index is 10.5. The van der Waals surface area contributed by atoms with Crippen molar-refractivity contribution in [3.05, 3.63) is 65.4 Å². The number of anilines is 1. The van der Waals surface area contributed by atoms with Gasteiger partial charge in [-0.2, -0.15) is 0 Å². The van der Waals surface area contributed by atoms with Crippen molar-refractivity contribution < 1.29 is 9.90 Å². The number of carboxylic acid groups (broad SMARTS) is 1. The number of benzene rings is 1. The van der Waals surface area contributed by atoms with E-state index in [2.05, 4.69) is 35.0 Å². The van der Waals surface area contributed by atoms with Gasteiger partial charge in [0.15, 0.2) is 0 Å². The van der Waals surface area contributed by atoms with Crippen LogP contribution in [-0.4, -0.2) is 23.1 Å². The summed E-state index contributed by atoms with van der Waals surface area (Å²) in [4.78, 5) is 16.9. The predicted molar refractivity (Wildman–Crippen MR) is 84.2 cm³/mol. The lowest BCUT2D eigenvalue weighted by Crippen LogP contribution is -2.17. The molecule has 2 rings (SSSR count). The number of hydrogen-bond acceptors (Lipinski definition) is 3. The molecule has 0 bridgehead atoms. The molecule has 0 aliphatic carbocycles. The number of carbonyl (C=O) groups is 1. The van der Waals surface area contributed by atoms with Crippen LogP contribution in [-0.2, 0) is 11.3 Å². The van der Waals surface area contributed by atoms with Gasteiger partial charge in [-0.15, -0.1) is 0 Å². The van der Waals surface area contributed by atoms with Gasteiger partial charge in [-0.05, 0) is 36.3 Å². The van der Waals surface area contributed by atoms with Crippen LogP contribution in [0.25, 0.3) is 6.08 Å². The third-order valence-corrected chi connectivity index (χ3v) is 3.08. The van der Waals surface area contributed by atoms with Crippen molar-refractivity contribution in [1.29, 1.82) is 0 Å². The minimum Gasteiger partial charge on any atom is -0.478 e. The molecule has 21 heavy (non-hydrogen) atoms. The Balaban J connectivity index is 2.06. The topological polar surface area (TPSA) is 53.4 Å². The Labute approximate surface area is 124 Å². The van der Waals surface area contributed by atoms with Gasteiger partial charge in [-0.3, -0.25) is 0 Å². The van der Waals surface area contributed by atoms with Gasteiger partial charge in [0, 0.05) is 25.9 Å². The van der Waals surface area contributed by atoms with Crippen molar-refractivity contribution in [2.24, 2.45) is 0 Å². The molecule has 0 unspecified atom stereocenters. The summed E-state index contributed by atoms with van der Waals surface area (Å²) in [6, 6.07) is 12.1. The molecule has 0 aliphatic rings. The van der Waals surface area contributed by atoms with Gasteiger partial charge in [0.2, 0.25) is 0 Å². The summed E-state index contributed by atoms with van der Waals surface area (Å²) in [7, 11) is 1.98. The number of aromatic nitrogens is 1. The largest absolute Gasteiger partial charge is 0.478 e. The Kier molecular flexibility index (Phi) is 4.72. The van der Waals surface area contributed by atoms with Crippen LogP contribution in [0.2, 0.25) is 0 Å². The molecule has 1 heterocycles. The fraction of sp³-hybridized carbons (Fsp3) is 0.176. The Hall–Kier alpha value is -2.62. The number of pyridine rings is 1. The molecule has 2 aromatic rings. The minimum absolute atomic E-state index is 0.769. The van der Waals surface area contributed by atoms with Crippen LogP contribution >= 0.6 is 0 Å². The molecule has 0 atom stereocenters. The lowest BCUT2D eigenvalue weighted by Gasteiger charge is -2.18. The fourth-order valence-electron chi connectivity index (χ4n) is 2.05. The van der Waals surface area contributed by atoms with E-state index in [1.54, 1.807) is 6.20 Å². The second kappa shape index (κ2) is 6.70. The number of aliphatic carboxylic acids is 1. The molecule has 0 spiro atoms. The van der Waals surface area contributed by atoms with E-state index in [4.69, 9.17) is 5.11 Å². The summed E-state index contributed by atoms with van der Waals surface area (Å²) in [6.07, 6.45) is 4.30. The summed E-state index contributed by atoms with van der Waals surface area (Å²) in [5.41, 5.74) is 3.24. The normalized spacial score (nSPS) is 10.8. The van der Waals surface area contributed by atoms with E-state index in [1.165, 1.54) is 17.2 Å². The Morgan fingerprint density at radius 1 is 1.33 bits per heavy atom. The molecule has 1 N–H and O–H groups in total. The van der Waals surface area contributed by atoms with Gasteiger partial charge in [-0.25, -0.2) is 9.78 Å². The first-order valence-electron chi connectivity index (χ1n) is 6.68. The van der Waals surface area contributed by atoms with Crippen LogP contribution in [0.15, 0.2) is 48.7 Å². The van der Waals surface area contributed by atoms with Crippen molar-refractivity contribution in [3.63, 3.8) is 0 Å². The third-order valence-electron chi connectivity index (χ3n) is 3.08. The van der Waals surface area contributed by atoms with Crippen LogP contribution in [0.1, 0.15) is 16.7 Å². The summed E-state index contributed by atoms with van der Waals surface area (Å²) in [6.45, 7) is 2.85. The molecule has 0 saturated carbocycles. The van der Waals surface area contributed by atoms with Crippen LogP contribution in [0, 0.1) is 6.92 Å². The second-order valence-corrected chi connectivity index (χ2v) is 4.97. The molecule has 0 fully saturated rings. The molecular formula is C17H18N2O2. The molecule has 1 aromatic heterocycles. The van der Waals surface area contributed by atoms with Crippen LogP contribution in [0.3, 0.4) is 0 Å². The van der Waals surface area contributed by atoms with Gasteiger partial charge in [0.25, 0.3) is 0 Å². The van der Waals surface area contributed by atoms with Crippen LogP contribution in [0.4, 0.5) is 5.82 Å². The standard InChI is InChI=1S/C17H18N2O2/c1-13-4-3-5-15(10-13)12-19(2)16-8-6-14(11-18-16)7-9-17(20)21/h3-11H,12H2,1-2H3,(H,20,21)/b9-7+. The molecule has 0 amide bonds. The van der Waals surface area contributed by atoms with Gasteiger partial charge >= 0.3 is 5.97 Å². The van der Waals surface area contributed by atoms with E-state index < -0.39 is 5.97 Å². The third kappa shape index (κ3) is 4.45. The molecule has 0 radical (unpaired) electrons. The van der Waals surface area contributed by atoms with Crippen molar-refractivity contribution in [3.8, 4) is 0 Å². The molecule has 0 saturated heterocycles. The van der Waals surface area contributed by atoms with Gasteiger partial charge < -0.3 is 10.0 Å². The zero-order chi connectivity index (χ0) is 15.2. The first-order valence-corrected chi connectivity index (χ1v) is 6.68. The Morgan fingerprint density at radius 2 is 2.14 bits per heavy atom. The monoisotopic (exact) mass is 282 g/mol. The average molecular weight is 282 g/mol. The predicted octanol–water partition coefficient (Wildman–Crippen LogP) is 3.12. The van der Waals surface area contributed by atoms with E-state index in [9.17, 15) is 4.79 Å². The highest BCUT2D eigenvalue weighted by molar-refractivity contribution is 5.85. The molecule has 1 aromatic carbocycles. The van der Waals surface area contributed by atoms with E-state index in [0.717, 1.165) is 24.0 Å². The number of hydrogen-bond donors (Lipinski definition) is 1. The lowest BCUT2D eigenvalue weighted by molar-refractivity contribution is -0.131. The quantitative estimate of drug-likeness (QED) is 0.856. The summed E-state index contributed by atoms with van der Waals surface area (Å²) in [5, 5.41) is 8.59. The number of aryl methyl sites for hydroxylation is 1. The minimum atomic E-state index is -0.962. The zero-order valence-corrected chi connectivity index (χ0v) is 12.2. The zero-order valence-electron chi connectivity index (χ0n) is 12.2. The molecule has 4 heteroatoms. The summed E-state index contributed by atoms with van der Waals surface area (Å²) >= 11 is 0. The van der Waals surface area contributed by atoms with E-state index in [1.807, 2.05) is 25.2 Å². The van der Waals surface area contributed by atoms with Gasteiger partial charge in [0.05, 0.1) is 0 Å². The van der Waals surface area contributed by atoms with E-state index >= 15 is 0 Å². The summed E-state index contributed by atoms with van der Waals surface area (Å²) in [5.74, 6) is -0.111. The molecule has 108 valence electrons. The second-order valence-electron chi connectivity index (χ2n) is 4.97. The SMILES string of the molecule is Cc1cccc(CN(C)c2ccc(/C=C/C(=O)O)cn2)c1. The van der Waals surface area contributed by atoms with Gasteiger partial charge in [0.1, 0.15) is 5.82 Å². The van der Waals surface area contributed by atoms with Crippen molar-refractivity contribution in [2.75, 3.05) is 11.9 Å². The first kappa shape index (κ1) is 14.8. The lowest BCUT2D eigenvalue weighted by atomic mass is 10.1. The van der Waals surface area contributed by atoms with Crippen molar-refractivity contribution in [1.82, 2.24) is 4.98 Å². The van der Waals surface area contributed by atoms with Crippen molar-refractivity contribution in [2.45, 2.75) is 13.5 Å². The van der Waals surface area contributed by atoms with E-state index in [0.29, 0.717) is 0 Å². The van der Waals surface area contributed by atoms with Crippen molar-refractivity contribution >= 4 is 17.9 Å². The average Bonchev–Trinajstić information content (AvgIpc) is 2.45.